The zero-order valence-electron chi connectivity index (χ0n) is 8.84. The SMILES string of the molecule is CCO[O+](OCC)OCC.F[B-](F)(F)F. The van der Waals surface area contributed by atoms with Crippen LogP contribution in [0.1, 0.15) is 20.8 Å². The van der Waals surface area contributed by atoms with Gasteiger partial charge in [-0.05, 0) is 35.4 Å². The molecule has 0 aromatic heterocycles. The van der Waals surface area contributed by atoms with Crippen molar-refractivity contribution in [2.75, 3.05) is 19.8 Å². The molecule has 0 N–H and O–H groups in total. The lowest BCUT2D eigenvalue weighted by atomic mass is 10.3. The van der Waals surface area contributed by atoms with Gasteiger partial charge in [0, 0.05) is 0 Å². The third-order valence-electron chi connectivity index (χ3n) is 0.642. The average Bonchev–Trinajstić information content (AvgIpc) is 2.02. The molecule has 0 heterocycles. The number of hydrogen-bond donors (Lipinski definition) is 0. The Morgan fingerprint density at radius 1 is 0.800 bits per heavy atom. The molecule has 4 nitrogen and oxygen atoms in total. The van der Waals surface area contributed by atoms with Crippen molar-refractivity contribution >= 4 is 7.25 Å². The number of halogens is 4. The van der Waals surface area contributed by atoms with Gasteiger partial charge in [-0.1, -0.05) is 0 Å². The van der Waals surface area contributed by atoms with Crippen LogP contribution in [0.25, 0.3) is 0 Å². The summed E-state index contributed by atoms with van der Waals surface area (Å²) in [6.45, 7) is 7.05. The summed E-state index contributed by atoms with van der Waals surface area (Å²) >= 11 is 0. The third-order valence-corrected chi connectivity index (χ3v) is 0.642. The van der Waals surface area contributed by atoms with Crippen LogP contribution in [0.5, 0.6) is 0 Å². The summed E-state index contributed by atoms with van der Waals surface area (Å²) in [5.74, 6) is 0. The minimum Gasteiger partial charge on any atom is -0.418 e. The minimum absolute atomic E-state index is 0.505. The molecule has 0 bridgehead atoms. The first kappa shape index (κ1) is 17.0. The average molecular weight is 238 g/mol. The molecule has 0 saturated heterocycles. The molecular formula is C6H15BF4O4. The molecule has 0 spiro atoms. The highest BCUT2D eigenvalue weighted by molar-refractivity contribution is 6.50. The van der Waals surface area contributed by atoms with Gasteiger partial charge >= 0.3 is 7.25 Å². The zero-order chi connectivity index (χ0) is 12.3. The van der Waals surface area contributed by atoms with Crippen molar-refractivity contribution in [2.24, 2.45) is 0 Å². The van der Waals surface area contributed by atoms with Gasteiger partial charge in [0.05, 0.1) is 0 Å². The molecule has 0 fully saturated rings. The van der Waals surface area contributed by atoms with Crippen molar-refractivity contribution in [3.05, 3.63) is 0 Å². The summed E-state index contributed by atoms with van der Waals surface area (Å²) in [4.78, 5) is 16.3. The van der Waals surface area contributed by atoms with Crippen LogP contribution in [0.4, 0.5) is 17.3 Å². The molecule has 0 aliphatic carbocycles. The monoisotopic (exact) mass is 238 g/mol. The Hall–Kier alpha value is -0.375. The Morgan fingerprint density at radius 3 is 1.13 bits per heavy atom. The van der Waals surface area contributed by atoms with Crippen LogP contribution in [0.3, 0.4) is 0 Å². The van der Waals surface area contributed by atoms with Crippen LogP contribution < -0.4 is 0 Å². The van der Waals surface area contributed by atoms with Gasteiger partial charge in [0.15, 0.2) is 0 Å². The fourth-order valence-corrected chi connectivity index (χ4v) is 0.391. The van der Waals surface area contributed by atoms with E-state index in [4.69, 9.17) is 14.7 Å². The topological polar surface area (TPSA) is 30.4 Å². The van der Waals surface area contributed by atoms with E-state index in [1.54, 1.807) is 4.82 Å². The highest BCUT2D eigenvalue weighted by atomic mass is 19.5. The maximum Gasteiger partial charge on any atom is 0.673 e. The molecule has 0 radical (unpaired) electrons. The number of hydrogen-bond acceptors (Lipinski definition) is 3. The standard InChI is InChI=1S/C6H15O4.BF4/c1-4-7-10(8-5-2)9-6-3;2-1(3,4)5/h4-6H2,1-3H3;/q+1;-1. The van der Waals surface area contributed by atoms with Crippen molar-refractivity contribution in [2.45, 2.75) is 20.8 Å². The van der Waals surface area contributed by atoms with E-state index in [2.05, 4.69) is 0 Å². The van der Waals surface area contributed by atoms with Crippen LogP contribution >= 0.6 is 0 Å². The highest BCUT2D eigenvalue weighted by Crippen LogP contribution is 2.06. The van der Waals surface area contributed by atoms with Gasteiger partial charge in [0.2, 0.25) is 0 Å². The second kappa shape index (κ2) is 10.2. The van der Waals surface area contributed by atoms with E-state index in [1.807, 2.05) is 20.8 Å². The zero-order valence-corrected chi connectivity index (χ0v) is 8.84. The summed E-state index contributed by atoms with van der Waals surface area (Å²) in [7, 11) is -6.00. The van der Waals surface area contributed by atoms with Gasteiger partial charge in [0.1, 0.15) is 24.6 Å². The van der Waals surface area contributed by atoms with Gasteiger partial charge in [-0.3, -0.25) is 0 Å². The van der Waals surface area contributed by atoms with Crippen LogP contribution in [0.2, 0.25) is 0 Å². The van der Waals surface area contributed by atoms with Gasteiger partial charge in [-0.25, -0.2) is 0 Å². The summed E-state index contributed by atoms with van der Waals surface area (Å²) in [5.41, 5.74) is 0. The van der Waals surface area contributed by atoms with Gasteiger partial charge in [-0.2, -0.15) is 0 Å². The predicted octanol–water partition coefficient (Wildman–Crippen LogP) is 2.69. The second-order valence-corrected chi connectivity index (χ2v) is 1.92. The molecule has 0 aromatic rings. The van der Waals surface area contributed by atoms with Gasteiger partial charge < -0.3 is 17.3 Å². The molecular weight excluding hydrogens is 223 g/mol. The highest BCUT2D eigenvalue weighted by Gasteiger charge is 2.20. The molecule has 0 aromatic carbocycles. The second-order valence-electron chi connectivity index (χ2n) is 1.92. The summed E-state index contributed by atoms with van der Waals surface area (Å²) in [6.07, 6.45) is 0. The van der Waals surface area contributed by atoms with Crippen molar-refractivity contribution in [1.82, 2.24) is 0 Å². The third kappa shape index (κ3) is 24.8. The quantitative estimate of drug-likeness (QED) is 0.234. The first-order valence-electron chi connectivity index (χ1n) is 4.36. The van der Waals surface area contributed by atoms with E-state index in [1.165, 1.54) is 0 Å². The Balaban J connectivity index is 0. The molecule has 0 aliphatic rings. The largest absolute Gasteiger partial charge is 0.673 e. The van der Waals surface area contributed by atoms with E-state index in [0.717, 1.165) is 0 Å². The van der Waals surface area contributed by atoms with Crippen molar-refractivity contribution in [3.63, 3.8) is 0 Å². The fraction of sp³-hybridized carbons (Fsp3) is 1.00. The van der Waals surface area contributed by atoms with Crippen molar-refractivity contribution in [3.8, 4) is 0 Å². The Morgan fingerprint density at radius 2 is 1.00 bits per heavy atom. The van der Waals surface area contributed by atoms with E-state index in [0.29, 0.717) is 19.8 Å². The predicted molar refractivity (Wildman–Crippen MR) is 46.1 cm³/mol. The molecule has 9 heteroatoms. The normalized spacial score (nSPS) is 11.2. The van der Waals surface area contributed by atoms with Gasteiger partial charge in [0.25, 0.3) is 0 Å². The summed E-state index contributed by atoms with van der Waals surface area (Å²) in [6, 6.07) is 0. The summed E-state index contributed by atoms with van der Waals surface area (Å²) < 4.78 is 39.0. The van der Waals surface area contributed by atoms with Crippen molar-refractivity contribution < 1.29 is 36.7 Å². The molecule has 15 heavy (non-hydrogen) atoms. The van der Waals surface area contributed by atoms with Crippen LogP contribution in [-0.2, 0) is 19.5 Å². The van der Waals surface area contributed by atoms with E-state index in [9.17, 15) is 17.3 Å². The Bertz CT molecular complexity index is 115. The van der Waals surface area contributed by atoms with Crippen LogP contribution in [-0.4, -0.2) is 27.1 Å². The maximum atomic E-state index is 9.75. The molecule has 0 aliphatic heterocycles. The lowest BCUT2D eigenvalue weighted by Gasteiger charge is -2.02. The first-order chi connectivity index (χ1) is 6.85. The molecule has 0 saturated carbocycles. The smallest absolute Gasteiger partial charge is 0.418 e. The fourth-order valence-electron chi connectivity index (χ4n) is 0.391. The lowest BCUT2D eigenvalue weighted by molar-refractivity contribution is -0.806. The Labute approximate surface area is 85.6 Å². The van der Waals surface area contributed by atoms with Crippen LogP contribution in [0, 0.1) is 0 Å². The van der Waals surface area contributed by atoms with Crippen LogP contribution in [0.15, 0.2) is 0 Å². The lowest BCUT2D eigenvalue weighted by Crippen LogP contribution is -2.16. The molecule has 0 amide bonds. The minimum atomic E-state index is -6.00. The first-order valence-corrected chi connectivity index (χ1v) is 4.36. The molecule has 94 valence electrons. The van der Waals surface area contributed by atoms with E-state index >= 15 is 0 Å². The number of rotatable bonds is 6. The van der Waals surface area contributed by atoms with E-state index < -0.39 is 7.25 Å². The molecule has 0 atom stereocenters. The Kier molecular flexibility index (Phi) is 11.5. The van der Waals surface area contributed by atoms with Gasteiger partial charge in [-0.15, -0.1) is 0 Å². The maximum absolute atomic E-state index is 9.75. The van der Waals surface area contributed by atoms with E-state index in [-0.39, 0.29) is 0 Å². The van der Waals surface area contributed by atoms with Crippen molar-refractivity contribution in [1.29, 1.82) is 0 Å². The molecule has 0 rings (SSSR count). The molecule has 0 unspecified atom stereocenters. The summed E-state index contributed by atoms with van der Waals surface area (Å²) in [5, 5.41) is 0.